The molecule has 1 saturated heterocycles. The predicted molar refractivity (Wildman–Crippen MR) is 81.7 cm³/mol. The van der Waals surface area contributed by atoms with Gasteiger partial charge in [0, 0.05) is 40.8 Å². The van der Waals surface area contributed by atoms with Crippen molar-refractivity contribution in [3.05, 3.63) is 29.0 Å². The summed E-state index contributed by atoms with van der Waals surface area (Å²) in [7, 11) is 0. The van der Waals surface area contributed by atoms with E-state index in [-0.39, 0.29) is 6.10 Å². The molecule has 100 valence electrons. The van der Waals surface area contributed by atoms with Gasteiger partial charge in [-0.3, -0.25) is 4.98 Å². The molecule has 0 aromatic carbocycles. The van der Waals surface area contributed by atoms with Crippen LogP contribution < -0.4 is 0 Å². The van der Waals surface area contributed by atoms with Gasteiger partial charge < -0.3 is 5.11 Å². The van der Waals surface area contributed by atoms with Crippen molar-refractivity contribution in [2.45, 2.75) is 36.4 Å². The number of aromatic nitrogens is 1. The molecule has 3 atom stereocenters. The van der Waals surface area contributed by atoms with Gasteiger partial charge in [0.1, 0.15) is 0 Å². The number of halogens is 1. The first-order valence-electron chi connectivity index (χ1n) is 6.22. The Balaban J connectivity index is 2.02. The van der Waals surface area contributed by atoms with Crippen LogP contribution in [0.15, 0.2) is 18.5 Å². The molecule has 1 N–H and O–H groups in total. The minimum Gasteiger partial charge on any atom is -0.392 e. The van der Waals surface area contributed by atoms with E-state index in [1.165, 1.54) is 5.75 Å². The predicted octanol–water partition coefficient (Wildman–Crippen LogP) is 3.27. The average Bonchev–Trinajstić information content (AvgIpc) is 2.41. The second-order valence-corrected chi connectivity index (χ2v) is 7.43. The molecule has 1 aromatic rings. The number of hydrogen-bond donors (Lipinski definition) is 1. The molecule has 3 unspecified atom stereocenters. The zero-order valence-corrected chi connectivity index (χ0v) is 12.8. The van der Waals surface area contributed by atoms with Crippen molar-refractivity contribution in [2.24, 2.45) is 0 Å². The summed E-state index contributed by atoms with van der Waals surface area (Å²) in [5, 5.41) is 12.0. The van der Waals surface area contributed by atoms with Crippen molar-refractivity contribution >= 4 is 35.1 Å². The number of hydrogen-bond acceptors (Lipinski definition) is 4. The summed E-state index contributed by atoms with van der Waals surface area (Å²) >= 11 is 9.98. The molecule has 0 radical (unpaired) electrons. The largest absolute Gasteiger partial charge is 0.392 e. The lowest BCUT2D eigenvalue weighted by molar-refractivity contribution is 0.169. The van der Waals surface area contributed by atoms with E-state index in [9.17, 15) is 5.11 Å². The number of aliphatic hydroxyl groups is 1. The monoisotopic (exact) mass is 303 g/mol. The molecular weight excluding hydrogens is 286 g/mol. The van der Waals surface area contributed by atoms with Crippen LogP contribution in [0.1, 0.15) is 18.9 Å². The van der Waals surface area contributed by atoms with Crippen LogP contribution in [0, 0.1) is 0 Å². The van der Waals surface area contributed by atoms with Gasteiger partial charge in [-0.1, -0.05) is 18.5 Å². The molecule has 0 spiro atoms. The van der Waals surface area contributed by atoms with Crippen LogP contribution >= 0.6 is 35.1 Å². The van der Waals surface area contributed by atoms with E-state index in [2.05, 4.69) is 11.9 Å². The highest BCUT2D eigenvalue weighted by atomic mass is 35.5. The molecule has 1 fully saturated rings. The molecule has 2 nitrogen and oxygen atoms in total. The van der Waals surface area contributed by atoms with Gasteiger partial charge in [-0.05, 0) is 18.1 Å². The summed E-state index contributed by atoms with van der Waals surface area (Å²) in [6.07, 6.45) is 4.78. The summed E-state index contributed by atoms with van der Waals surface area (Å²) in [5.74, 6) is 2.33. The normalized spacial score (nSPS) is 25.9. The standard InChI is InChI=1S/C13H18ClNOS2/c1-2-12-13(18-6-5-17-12)11(16)7-9-3-4-15-8-10(9)14/h3-4,8,11-13,16H,2,5-7H2,1H3. The smallest absolute Gasteiger partial charge is 0.0710 e. The molecule has 18 heavy (non-hydrogen) atoms. The maximum Gasteiger partial charge on any atom is 0.0710 e. The minimum atomic E-state index is -0.326. The Hall–Kier alpha value is 0.1000. The van der Waals surface area contributed by atoms with Gasteiger partial charge in [-0.15, -0.1) is 0 Å². The molecule has 1 aromatic heterocycles. The van der Waals surface area contributed by atoms with Crippen molar-refractivity contribution in [3.63, 3.8) is 0 Å². The Bertz CT molecular complexity index is 391. The van der Waals surface area contributed by atoms with Crippen molar-refractivity contribution in [1.29, 1.82) is 0 Å². The topological polar surface area (TPSA) is 33.1 Å². The highest BCUT2D eigenvalue weighted by Crippen LogP contribution is 2.36. The van der Waals surface area contributed by atoms with Gasteiger partial charge in [0.05, 0.1) is 11.1 Å². The van der Waals surface area contributed by atoms with Gasteiger partial charge in [0.25, 0.3) is 0 Å². The van der Waals surface area contributed by atoms with Crippen LogP contribution in [0.2, 0.25) is 5.02 Å². The van der Waals surface area contributed by atoms with Crippen LogP contribution in [0.25, 0.3) is 0 Å². The molecule has 1 aliphatic rings. The molecule has 5 heteroatoms. The van der Waals surface area contributed by atoms with Gasteiger partial charge in [-0.25, -0.2) is 0 Å². The quantitative estimate of drug-likeness (QED) is 0.925. The summed E-state index contributed by atoms with van der Waals surface area (Å²) in [5.41, 5.74) is 0.991. The van der Waals surface area contributed by atoms with E-state index in [1.807, 2.05) is 29.6 Å². The fourth-order valence-corrected chi connectivity index (χ4v) is 5.55. The van der Waals surface area contributed by atoms with Crippen LogP contribution in [0.3, 0.4) is 0 Å². The zero-order valence-electron chi connectivity index (χ0n) is 10.4. The first-order valence-corrected chi connectivity index (χ1v) is 8.69. The van der Waals surface area contributed by atoms with Crippen molar-refractivity contribution < 1.29 is 5.11 Å². The van der Waals surface area contributed by atoms with E-state index >= 15 is 0 Å². The molecule has 2 rings (SSSR count). The van der Waals surface area contributed by atoms with Crippen molar-refractivity contribution in [3.8, 4) is 0 Å². The van der Waals surface area contributed by atoms with Gasteiger partial charge in [-0.2, -0.15) is 23.5 Å². The maximum atomic E-state index is 10.4. The number of thioether (sulfide) groups is 2. The molecule has 0 aliphatic carbocycles. The number of nitrogens with zero attached hydrogens (tertiary/aromatic N) is 1. The maximum absolute atomic E-state index is 10.4. The molecule has 2 heterocycles. The Morgan fingerprint density at radius 3 is 3.00 bits per heavy atom. The van der Waals surface area contributed by atoms with E-state index in [0.717, 1.165) is 17.7 Å². The average molecular weight is 304 g/mol. The third-order valence-corrected chi connectivity index (χ3v) is 6.89. The number of pyridine rings is 1. The van der Waals surface area contributed by atoms with E-state index in [1.54, 1.807) is 12.4 Å². The third kappa shape index (κ3) is 3.56. The van der Waals surface area contributed by atoms with Gasteiger partial charge in [0.15, 0.2) is 0 Å². The SMILES string of the molecule is CCC1SCCSC1C(O)Cc1ccncc1Cl. The highest BCUT2D eigenvalue weighted by molar-refractivity contribution is 8.07. The van der Waals surface area contributed by atoms with Crippen LogP contribution in [-0.4, -0.2) is 38.2 Å². The van der Waals surface area contributed by atoms with Crippen LogP contribution in [0.5, 0.6) is 0 Å². The van der Waals surface area contributed by atoms with Crippen LogP contribution in [-0.2, 0) is 6.42 Å². The summed E-state index contributed by atoms with van der Waals surface area (Å²) in [6.45, 7) is 2.20. The lowest BCUT2D eigenvalue weighted by atomic mass is 10.0. The van der Waals surface area contributed by atoms with Gasteiger partial charge in [0.2, 0.25) is 0 Å². The molecule has 1 aliphatic heterocycles. The summed E-state index contributed by atoms with van der Waals surface area (Å²) < 4.78 is 0. The van der Waals surface area contributed by atoms with E-state index in [4.69, 9.17) is 11.6 Å². The highest BCUT2D eigenvalue weighted by Gasteiger charge is 2.31. The molecular formula is C13H18ClNOS2. The number of rotatable bonds is 4. The minimum absolute atomic E-state index is 0.318. The van der Waals surface area contributed by atoms with Crippen molar-refractivity contribution in [2.75, 3.05) is 11.5 Å². The zero-order chi connectivity index (χ0) is 13.0. The second kappa shape index (κ2) is 7.04. The lowest BCUT2D eigenvalue weighted by Crippen LogP contribution is -2.37. The Morgan fingerprint density at radius 1 is 1.50 bits per heavy atom. The molecule has 0 bridgehead atoms. The first kappa shape index (κ1) is 14.5. The molecule has 0 amide bonds. The van der Waals surface area contributed by atoms with Crippen LogP contribution in [0.4, 0.5) is 0 Å². The Labute approximate surface area is 122 Å². The lowest BCUT2D eigenvalue weighted by Gasteiger charge is -2.33. The Kier molecular flexibility index (Phi) is 5.67. The number of aliphatic hydroxyl groups excluding tert-OH is 1. The fraction of sp³-hybridized carbons (Fsp3) is 0.615. The summed E-state index contributed by atoms with van der Waals surface area (Å²) in [4.78, 5) is 3.97. The third-order valence-electron chi connectivity index (χ3n) is 3.16. The van der Waals surface area contributed by atoms with E-state index in [0.29, 0.717) is 21.9 Å². The first-order chi connectivity index (χ1) is 8.72. The van der Waals surface area contributed by atoms with Gasteiger partial charge >= 0.3 is 0 Å². The van der Waals surface area contributed by atoms with Crippen molar-refractivity contribution in [1.82, 2.24) is 4.98 Å². The summed E-state index contributed by atoms with van der Waals surface area (Å²) in [6, 6.07) is 1.90. The molecule has 0 saturated carbocycles. The fourth-order valence-electron chi connectivity index (χ4n) is 2.21. The second-order valence-electron chi connectivity index (χ2n) is 4.39. The Morgan fingerprint density at radius 2 is 2.28 bits per heavy atom. The van der Waals surface area contributed by atoms with E-state index < -0.39 is 0 Å².